The second kappa shape index (κ2) is 10.9. The normalized spacial score (nSPS) is 19.8. The summed E-state index contributed by atoms with van der Waals surface area (Å²) in [4.78, 5) is 13.4. The summed E-state index contributed by atoms with van der Waals surface area (Å²) >= 11 is 0. The van der Waals surface area contributed by atoms with Crippen molar-refractivity contribution in [1.29, 1.82) is 0 Å². The molecule has 0 radical (unpaired) electrons. The Hall–Kier alpha value is -4.13. The van der Waals surface area contributed by atoms with Crippen LogP contribution in [-0.2, 0) is 4.79 Å². The van der Waals surface area contributed by atoms with E-state index in [-0.39, 0.29) is 30.2 Å². The van der Waals surface area contributed by atoms with Gasteiger partial charge in [-0.2, -0.15) is 5.10 Å². The Balaban J connectivity index is 1.46. The van der Waals surface area contributed by atoms with E-state index < -0.39 is 5.82 Å². The highest BCUT2D eigenvalue weighted by Gasteiger charge is 2.43. The molecule has 5 rings (SSSR count). The van der Waals surface area contributed by atoms with Gasteiger partial charge in [0.25, 0.3) is 5.91 Å². The third kappa shape index (κ3) is 5.21. The van der Waals surface area contributed by atoms with Gasteiger partial charge in [-0.25, -0.2) is 9.40 Å². The smallest absolute Gasteiger partial charge is 0.281 e. The fourth-order valence-electron chi connectivity index (χ4n) is 5.01. The Morgan fingerprint density at radius 3 is 2.35 bits per heavy atom. The summed E-state index contributed by atoms with van der Waals surface area (Å²) in [5.74, 6) is 0.800. The Labute approximate surface area is 216 Å². The number of para-hydroxylation sites is 1. The van der Waals surface area contributed by atoms with Crippen molar-refractivity contribution in [3.05, 3.63) is 95.3 Å². The van der Waals surface area contributed by atoms with E-state index in [1.54, 1.807) is 26.4 Å². The third-order valence-corrected chi connectivity index (χ3v) is 6.86. The zero-order chi connectivity index (χ0) is 25.8. The van der Waals surface area contributed by atoms with Crippen molar-refractivity contribution in [2.75, 3.05) is 20.8 Å². The van der Waals surface area contributed by atoms with Crippen LogP contribution in [0.1, 0.15) is 36.4 Å². The van der Waals surface area contributed by atoms with Crippen molar-refractivity contribution in [2.45, 2.75) is 25.3 Å². The molecule has 0 spiro atoms. The Morgan fingerprint density at radius 2 is 1.68 bits per heavy atom. The van der Waals surface area contributed by atoms with E-state index >= 15 is 0 Å². The van der Waals surface area contributed by atoms with Crippen LogP contribution in [0.3, 0.4) is 0 Å². The predicted octanol–water partition coefficient (Wildman–Crippen LogP) is 6.04. The number of amides is 1. The molecule has 1 amide bonds. The van der Waals surface area contributed by atoms with Crippen LogP contribution < -0.4 is 14.2 Å². The molecule has 3 aromatic carbocycles. The lowest BCUT2D eigenvalue weighted by Gasteiger charge is -2.29. The zero-order valence-electron chi connectivity index (χ0n) is 20.9. The number of methoxy groups -OCH3 is 2. The number of carbonyl (C=O) groups excluding carboxylic acids is 1. The van der Waals surface area contributed by atoms with Gasteiger partial charge >= 0.3 is 0 Å². The summed E-state index contributed by atoms with van der Waals surface area (Å²) in [5, 5.41) is 6.38. The van der Waals surface area contributed by atoms with Crippen molar-refractivity contribution in [2.24, 2.45) is 11.0 Å². The van der Waals surface area contributed by atoms with Gasteiger partial charge in [0.05, 0.1) is 26.0 Å². The lowest BCUT2D eigenvalue weighted by Crippen LogP contribution is -2.34. The summed E-state index contributed by atoms with van der Waals surface area (Å²) in [7, 11) is 3.27. The largest absolute Gasteiger partial charge is 0.497 e. The summed E-state index contributed by atoms with van der Waals surface area (Å²) < 4.78 is 30.2. The standard InChI is InChI=1S/C30H29FN2O4/c1-35-23-14-10-20(11-15-23)18-22-6-5-7-25-29(22)32-33(30(25)21-12-16-24(36-2)17-13-21)28(34)19-37-27-9-4-3-8-26(27)31/h3-4,8-18,25,30H,5-7,19H2,1-2H3/b22-18+/t25-,30-/m0/s1. The number of allylic oxidation sites excluding steroid dienone is 1. The van der Waals surface area contributed by atoms with Gasteiger partial charge in [-0.3, -0.25) is 4.79 Å². The first-order chi connectivity index (χ1) is 18.1. The zero-order valence-corrected chi connectivity index (χ0v) is 20.9. The highest BCUT2D eigenvalue weighted by atomic mass is 19.1. The molecule has 0 N–H and O–H groups in total. The molecule has 1 aliphatic heterocycles. The minimum atomic E-state index is -0.506. The van der Waals surface area contributed by atoms with Crippen LogP contribution in [0.2, 0.25) is 0 Å². The molecule has 0 aromatic heterocycles. The van der Waals surface area contributed by atoms with Gasteiger partial charge in [0.2, 0.25) is 0 Å². The predicted molar refractivity (Wildman–Crippen MR) is 140 cm³/mol. The molecule has 3 aromatic rings. The molecule has 0 saturated heterocycles. The molecule has 1 fully saturated rings. The molecular formula is C30H29FN2O4. The van der Waals surface area contributed by atoms with Crippen molar-refractivity contribution in [3.63, 3.8) is 0 Å². The number of fused-ring (bicyclic) bond motifs is 1. The Morgan fingerprint density at radius 1 is 1.00 bits per heavy atom. The maximum atomic E-state index is 14.1. The molecule has 190 valence electrons. The van der Waals surface area contributed by atoms with Crippen LogP contribution >= 0.6 is 0 Å². The van der Waals surface area contributed by atoms with Crippen LogP contribution in [-0.4, -0.2) is 37.5 Å². The number of hydrogen-bond donors (Lipinski definition) is 0. The summed E-state index contributed by atoms with van der Waals surface area (Å²) in [5.41, 5.74) is 4.05. The van der Waals surface area contributed by atoms with Crippen LogP contribution in [0.4, 0.5) is 4.39 Å². The van der Waals surface area contributed by atoms with E-state index in [2.05, 4.69) is 6.08 Å². The molecule has 1 saturated carbocycles. The van der Waals surface area contributed by atoms with Crippen molar-refractivity contribution < 1.29 is 23.4 Å². The number of rotatable bonds is 7. The number of nitrogens with zero attached hydrogens (tertiary/aromatic N) is 2. The van der Waals surface area contributed by atoms with Crippen LogP contribution in [0.5, 0.6) is 17.2 Å². The van der Waals surface area contributed by atoms with Crippen LogP contribution in [0.15, 0.2) is 83.5 Å². The lowest BCUT2D eigenvalue weighted by molar-refractivity contribution is -0.135. The van der Waals surface area contributed by atoms with Crippen LogP contribution in [0.25, 0.3) is 6.08 Å². The van der Waals surface area contributed by atoms with E-state index in [0.717, 1.165) is 53.2 Å². The van der Waals surface area contributed by atoms with Gasteiger partial charge in [-0.05, 0) is 78.4 Å². The van der Waals surface area contributed by atoms with Crippen molar-refractivity contribution in [1.82, 2.24) is 5.01 Å². The van der Waals surface area contributed by atoms with E-state index in [0.29, 0.717) is 0 Å². The van der Waals surface area contributed by atoms with Gasteiger partial charge in [0.15, 0.2) is 18.2 Å². The maximum Gasteiger partial charge on any atom is 0.281 e. The first-order valence-corrected chi connectivity index (χ1v) is 12.3. The summed E-state index contributed by atoms with van der Waals surface area (Å²) in [6.45, 7) is -0.311. The average Bonchev–Trinajstić information content (AvgIpc) is 3.34. The van der Waals surface area contributed by atoms with Gasteiger partial charge in [0, 0.05) is 5.92 Å². The molecule has 6 nitrogen and oxygen atoms in total. The van der Waals surface area contributed by atoms with Gasteiger partial charge in [0.1, 0.15) is 11.5 Å². The molecule has 1 aliphatic carbocycles. The minimum Gasteiger partial charge on any atom is -0.497 e. The number of hydrazone groups is 1. The number of benzene rings is 3. The molecule has 0 bridgehead atoms. The molecule has 37 heavy (non-hydrogen) atoms. The minimum absolute atomic E-state index is 0.0428. The SMILES string of the molecule is COc1ccc(/C=C2\CCC[C@H]3C2=NN(C(=O)COc2ccccc2F)[C@H]3c2ccc(OC)cc2)cc1. The second-order valence-electron chi connectivity index (χ2n) is 9.10. The first-order valence-electron chi connectivity index (χ1n) is 12.3. The van der Waals surface area contributed by atoms with Crippen molar-refractivity contribution in [3.8, 4) is 17.2 Å². The van der Waals surface area contributed by atoms with E-state index in [1.807, 2.05) is 48.5 Å². The number of carbonyl (C=O) groups is 1. The molecule has 7 heteroatoms. The third-order valence-electron chi connectivity index (χ3n) is 6.86. The number of ether oxygens (including phenoxy) is 3. The van der Waals surface area contributed by atoms with Crippen LogP contribution in [0, 0.1) is 11.7 Å². The van der Waals surface area contributed by atoms with Gasteiger partial charge in [-0.1, -0.05) is 36.4 Å². The van der Waals surface area contributed by atoms with Gasteiger partial charge in [-0.15, -0.1) is 0 Å². The topological polar surface area (TPSA) is 60.4 Å². The van der Waals surface area contributed by atoms with E-state index in [9.17, 15) is 9.18 Å². The van der Waals surface area contributed by atoms with E-state index in [1.165, 1.54) is 17.1 Å². The Bertz CT molecular complexity index is 1320. The quantitative estimate of drug-likeness (QED) is 0.397. The number of hydrogen-bond acceptors (Lipinski definition) is 5. The molecule has 1 heterocycles. The maximum absolute atomic E-state index is 14.1. The first kappa shape index (κ1) is 24.6. The fraction of sp³-hybridized carbons (Fsp3) is 0.267. The second-order valence-corrected chi connectivity index (χ2v) is 9.10. The van der Waals surface area contributed by atoms with E-state index in [4.69, 9.17) is 19.3 Å². The highest BCUT2D eigenvalue weighted by molar-refractivity contribution is 6.08. The average molecular weight is 501 g/mol. The summed E-state index contributed by atoms with van der Waals surface area (Å²) in [6, 6.07) is 21.4. The monoisotopic (exact) mass is 500 g/mol. The van der Waals surface area contributed by atoms with Crippen molar-refractivity contribution >= 4 is 17.7 Å². The molecule has 2 aliphatic rings. The fourth-order valence-corrected chi connectivity index (χ4v) is 5.01. The molecular weight excluding hydrogens is 471 g/mol. The van der Waals surface area contributed by atoms with Gasteiger partial charge < -0.3 is 14.2 Å². The number of halogens is 1. The lowest BCUT2D eigenvalue weighted by atomic mass is 9.77. The molecule has 0 unspecified atom stereocenters. The molecule has 2 atom stereocenters. The highest BCUT2D eigenvalue weighted by Crippen LogP contribution is 2.44. The summed E-state index contributed by atoms with van der Waals surface area (Å²) in [6.07, 6.45) is 4.92. The Kier molecular flexibility index (Phi) is 7.21.